The van der Waals surface area contributed by atoms with Crippen LogP contribution in [0.3, 0.4) is 0 Å². The van der Waals surface area contributed by atoms with Crippen molar-refractivity contribution >= 4 is 0 Å². The summed E-state index contributed by atoms with van der Waals surface area (Å²) in [4.78, 5) is 0. The topological polar surface area (TPSA) is 40.5 Å². The van der Waals surface area contributed by atoms with Gasteiger partial charge in [0.25, 0.3) is 0 Å². The number of aliphatic hydroxyl groups is 2. The van der Waals surface area contributed by atoms with Crippen molar-refractivity contribution in [1.82, 2.24) is 0 Å². The molecule has 60 valence electrons. The van der Waals surface area contributed by atoms with E-state index in [9.17, 15) is 5.11 Å². The molecule has 2 nitrogen and oxygen atoms in total. The van der Waals surface area contributed by atoms with Crippen LogP contribution in [0.2, 0.25) is 0 Å². The first kappa shape index (κ1) is 8.02. The Morgan fingerprint density at radius 2 is 2.10 bits per heavy atom. The Labute approximate surface area is 61.9 Å². The van der Waals surface area contributed by atoms with Gasteiger partial charge in [-0.05, 0) is 31.6 Å². The lowest BCUT2D eigenvalue weighted by molar-refractivity contribution is 0.122. The van der Waals surface area contributed by atoms with Gasteiger partial charge in [0.15, 0.2) is 0 Å². The van der Waals surface area contributed by atoms with Crippen molar-refractivity contribution in [3.63, 3.8) is 0 Å². The first-order valence-electron chi connectivity index (χ1n) is 4.13. The fourth-order valence-electron chi connectivity index (χ4n) is 1.71. The third kappa shape index (κ3) is 1.96. The number of rotatable bonds is 3. The molecule has 0 aromatic carbocycles. The fourth-order valence-corrected chi connectivity index (χ4v) is 1.71. The molecule has 0 bridgehead atoms. The third-order valence-electron chi connectivity index (χ3n) is 2.35. The SMILES string of the molecule is OCCC[C@H]1CCC[C@H]1O. The molecule has 0 unspecified atom stereocenters. The van der Waals surface area contributed by atoms with Gasteiger partial charge in [-0.2, -0.15) is 0 Å². The molecule has 1 aliphatic rings. The van der Waals surface area contributed by atoms with E-state index < -0.39 is 0 Å². The fraction of sp³-hybridized carbons (Fsp3) is 1.00. The largest absolute Gasteiger partial charge is 0.396 e. The first-order chi connectivity index (χ1) is 4.84. The van der Waals surface area contributed by atoms with Gasteiger partial charge in [-0.3, -0.25) is 0 Å². The van der Waals surface area contributed by atoms with Gasteiger partial charge in [-0.1, -0.05) is 6.42 Å². The Balaban J connectivity index is 2.14. The van der Waals surface area contributed by atoms with Crippen LogP contribution in [0.15, 0.2) is 0 Å². The predicted octanol–water partition coefficient (Wildman–Crippen LogP) is 0.920. The van der Waals surface area contributed by atoms with Gasteiger partial charge in [0.05, 0.1) is 6.10 Å². The van der Waals surface area contributed by atoms with Crippen LogP contribution in [0.4, 0.5) is 0 Å². The summed E-state index contributed by atoms with van der Waals surface area (Å²) in [5.41, 5.74) is 0. The van der Waals surface area contributed by atoms with E-state index in [1.54, 1.807) is 0 Å². The summed E-state index contributed by atoms with van der Waals surface area (Å²) in [6, 6.07) is 0. The Kier molecular flexibility index (Phi) is 3.16. The van der Waals surface area contributed by atoms with Crippen molar-refractivity contribution in [3.8, 4) is 0 Å². The smallest absolute Gasteiger partial charge is 0.0568 e. The van der Waals surface area contributed by atoms with Crippen LogP contribution >= 0.6 is 0 Å². The summed E-state index contributed by atoms with van der Waals surface area (Å²) >= 11 is 0. The second-order valence-corrected chi connectivity index (χ2v) is 3.12. The molecule has 1 rings (SSSR count). The van der Waals surface area contributed by atoms with Gasteiger partial charge >= 0.3 is 0 Å². The molecule has 1 fully saturated rings. The number of hydrogen-bond donors (Lipinski definition) is 2. The molecule has 2 heteroatoms. The Morgan fingerprint density at radius 1 is 1.30 bits per heavy atom. The quantitative estimate of drug-likeness (QED) is 0.618. The van der Waals surface area contributed by atoms with Crippen LogP contribution in [-0.4, -0.2) is 22.9 Å². The highest BCUT2D eigenvalue weighted by Gasteiger charge is 2.23. The molecule has 2 atom stereocenters. The molecule has 0 amide bonds. The maximum absolute atomic E-state index is 9.33. The number of hydrogen-bond acceptors (Lipinski definition) is 2. The maximum Gasteiger partial charge on any atom is 0.0568 e. The molecule has 0 radical (unpaired) electrons. The van der Waals surface area contributed by atoms with Crippen LogP contribution in [0.5, 0.6) is 0 Å². The van der Waals surface area contributed by atoms with E-state index >= 15 is 0 Å². The summed E-state index contributed by atoms with van der Waals surface area (Å²) in [6.07, 6.45) is 5.06. The average molecular weight is 144 g/mol. The molecule has 2 N–H and O–H groups in total. The molecule has 1 saturated carbocycles. The van der Waals surface area contributed by atoms with Gasteiger partial charge < -0.3 is 10.2 Å². The van der Waals surface area contributed by atoms with Crippen molar-refractivity contribution in [3.05, 3.63) is 0 Å². The van der Waals surface area contributed by atoms with Gasteiger partial charge in [0.2, 0.25) is 0 Å². The first-order valence-corrected chi connectivity index (χ1v) is 4.13. The van der Waals surface area contributed by atoms with Crippen LogP contribution in [0, 0.1) is 5.92 Å². The normalized spacial score (nSPS) is 33.0. The van der Waals surface area contributed by atoms with E-state index in [0.717, 1.165) is 32.1 Å². The van der Waals surface area contributed by atoms with Crippen molar-refractivity contribution < 1.29 is 10.2 Å². The molecule has 0 aliphatic heterocycles. The lowest BCUT2D eigenvalue weighted by Gasteiger charge is -2.12. The van der Waals surface area contributed by atoms with Crippen molar-refractivity contribution in [1.29, 1.82) is 0 Å². The molecule has 0 aromatic rings. The lowest BCUT2D eigenvalue weighted by Crippen LogP contribution is -2.12. The third-order valence-corrected chi connectivity index (χ3v) is 2.35. The molecule has 0 spiro atoms. The summed E-state index contributed by atoms with van der Waals surface area (Å²) in [7, 11) is 0. The minimum absolute atomic E-state index is 0.0773. The van der Waals surface area contributed by atoms with Gasteiger partial charge in [0.1, 0.15) is 0 Å². The van der Waals surface area contributed by atoms with Crippen molar-refractivity contribution in [2.75, 3.05) is 6.61 Å². The summed E-state index contributed by atoms with van der Waals surface area (Å²) in [5, 5.41) is 17.9. The highest BCUT2D eigenvalue weighted by molar-refractivity contribution is 4.75. The summed E-state index contributed by atoms with van der Waals surface area (Å²) in [6.45, 7) is 0.267. The molecular formula is C8H16O2. The molecular weight excluding hydrogens is 128 g/mol. The van der Waals surface area contributed by atoms with E-state index in [4.69, 9.17) is 5.11 Å². The summed E-state index contributed by atoms with van der Waals surface area (Å²) in [5.74, 6) is 0.479. The van der Waals surface area contributed by atoms with Crippen molar-refractivity contribution in [2.24, 2.45) is 5.92 Å². The van der Waals surface area contributed by atoms with Crippen molar-refractivity contribution in [2.45, 2.75) is 38.2 Å². The van der Waals surface area contributed by atoms with Gasteiger partial charge in [-0.15, -0.1) is 0 Å². The molecule has 10 heavy (non-hydrogen) atoms. The van der Waals surface area contributed by atoms with E-state index in [1.807, 2.05) is 0 Å². The average Bonchev–Trinajstić information content (AvgIpc) is 2.31. The second-order valence-electron chi connectivity index (χ2n) is 3.12. The van der Waals surface area contributed by atoms with Crippen LogP contribution in [0.25, 0.3) is 0 Å². The zero-order valence-corrected chi connectivity index (χ0v) is 6.29. The molecule has 0 saturated heterocycles. The Bertz CT molecular complexity index is 93.3. The molecule has 0 aromatic heterocycles. The summed E-state index contributed by atoms with van der Waals surface area (Å²) < 4.78 is 0. The van der Waals surface area contributed by atoms with Gasteiger partial charge in [-0.25, -0.2) is 0 Å². The Morgan fingerprint density at radius 3 is 2.60 bits per heavy atom. The minimum Gasteiger partial charge on any atom is -0.396 e. The zero-order chi connectivity index (χ0) is 7.40. The lowest BCUT2D eigenvalue weighted by atomic mass is 10.0. The Hall–Kier alpha value is -0.0800. The molecule has 0 heterocycles. The standard InChI is InChI=1S/C8H16O2/c9-6-2-4-7-3-1-5-8(7)10/h7-10H,1-6H2/t7-,8-/m1/s1. The maximum atomic E-state index is 9.33. The minimum atomic E-state index is -0.0773. The predicted molar refractivity (Wildman–Crippen MR) is 39.7 cm³/mol. The monoisotopic (exact) mass is 144 g/mol. The van der Waals surface area contributed by atoms with Gasteiger partial charge in [0, 0.05) is 6.61 Å². The van der Waals surface area contributed by atoms with Crippen LogP contribution in [-0.2, 0) is 0 Å². The highest BCUT2D eigenvalue weighted by atomic mass is 16.3. The van der Waals surface area contributed by atoms with Crippen LogP contribution in [0.1, 0.15) is 32.1 Å². The molecule has 1 aliphatic carbocycles. The van der Waals surface area contributed by atoms with E-state index in [-0.39, 0.29) is 12.7 Å². The van der Waals surface area contributed by atoms with E-state index in [1.165, 1.54) is 0 Å². The number of aliphatic hydroxyl groups excluding tert-OH is 2. The second kappa shape index (κ2) is 3.94. The van der Waals surface area contributed by atoms with E-state index in [2.05, 4.69) is 0 Å². The van der Waals surface area contributed by atoms with Crippen LogP contribution < -0.4 is 0 Å². The highest BCUT2D eigenvalue weighted by Crippen LogP contribution is 2.28. The zero-order valence-electron chi connectivity index (χ0n) is 6.29. The van der Waals surface area contributed by atoms with E-state index in [0.29, 0.717) is 5.92 Å².